The van der Waals surface area contributed by atoms with Crippen LogP contribution in [-0.2, 0) is 0 Å². The number of benzene rings is 1. The minimum Gasteiger partial charge on any atom is -0.493 e. The molecule has 158 valence electrons. The third kappa shape index (κ3) is 7.61. The molecule has 1 aliphatic heterocycles. The highest BCUT2D eigenvalue weighted by atomic mass is 16.5. The molecule has 2 N–H and O–H groups in total. The Morgan fingerprint density at radius 3 is 2.03 bits per heavy atom. The van der Waals surface area contributed by atoms with Crippen LogP contribution in [0.2, 0.25) is 0 Å². The van der Waals surface area contributed by atoms with E-state index in [9.17, 15) is 4.79 Å². The van der Waals surface area contributed by atoms with Crippen molar-refractivity contribution in [2.45, 2.75) is 33.7 Å². The van der Waals surface area contributed by atoms with Crippen LogP contribution in [0.25, 0.3) is 0 Å². The second kappa shape index (κ2) is 13.3. The zero-order valence-electron chi connectivity index (χ0n) is 18.8. The molecule has 0 spiro atoms. The predicted octanol–water partition coefficient (Wildman–Crippen LogP) is 3.12. The highest BCUT2D eigenvalue weighted by molar-refractivity contribution is 5.79. The summed E-state index contributed by atoms with van der Waals surface area (Å²) in [5, 5.41) is 5.73. The van der Waals surface area contributed by atoms with Gasteiger partial charge >= 0.3 is 6.03 Å². The van der Waals surface area contributed by atoms with E-state index in [1.165, 1.54) is 0 Å². The van der Waals surface area contributed by atoms with Crippen LogP contribution in [0.1, 0.15) is 44.9 Å². The zero-order chi connectivity index (χ0) is 23.9. The van der Waals surface area contributed by atoms with E-state index in [2.05, 4.69) is 93.5 Å². The number of ether oxygens (including phenoxy) is 1. The van der Waals surface area contributed by atoms with Gasteiger partial charge in [0.1, 0.15) is 5.75 Å². The van der Waals surface area contributed by atoms with Gasteiger partial charge < -0.3 is 15.4 Å². The van der Waals surface area contributed by atoms with Gasteiger partial charge in [-0.15, -0.1) is 0 Å². The Kier molecular flexibility index (Phi) is 9.76. The van der Waals surface area contributed by atoms with Gasteiger partial charge in [0, 0.05) is 16.8 Å². The van der Waals surface area contributed by atoms with Crippen LogP contribution in [0, 0.1) is 82.9 Å². The second-order valence-corrected chi connectivity index (χ2v) is 6.36. The molecule has 2 rings (SSSR count). The van der Waals surface area contributed by atoms with Gasteiger partial charge in [-0.2, -0.15) is 0 Å². The molecule has 0 radical (unpaired) electrons. The van der Waals surface area contributed by atoms with Gasteiger partial charge in [0.2, 0.25) is 0 Å². The summed E-state index contributed by atoms with van der Waals surface area (Å²) in [6.45, 7) is 7.92. The SMILES string of the molecule is CC#CC#CC#CC#CC#CC#CC#Cc1cccc(OCC)c1C1NC(=O)NC(C)=C1C. The van der Waals surface area contributed by atoms with Crippen LogP contribution in [0.5, 0.6) is 5.75 Å². The van der Waals surface area contributed by atoms with Crippen LogP contribution in [0.15, 0.2) is 29.5 Å². The standard InChI is InChI=1S/C29H20N2O2/c1-5-7-8-9-10-11-12-13-14-15-16-17-18-20-25-21-19-22-26(33-6-2)27(25)28-23(3)24(4)30-29(32)31-28/h19,21-22,28H,6H2,1-4H3,(H2,30,31,32). The van der Waals surface area contributed by atoms with E-state index in [1.54, 1.807) is 6.92 Å². The molecule has 0 saturated carbocycles. The number of carbonyl (C=O) groups is 1. The molecule has 4 nitrogen and oxygen atoms in total. The monoisotopic (exact) mass is 428 g/mol. The highest BCUT2D eigenvalue weighted by Crippen LogP contribution is 2.35. The molecule has 4 heteroatoms. The fourth-order valence-corrected chi connectivity index (χ4v) is 2.76. The largest absolute Gasteiger partial charge is 0.493 e. The van der Waals surface area contributed by atoms with Crippen molar-refractivity contribution in [3.8, 4) is 88.6 Å². The Hall–Kier alpha value is -5.05. The molecular weight excluding hydrogens is 408 g/mol. The summed E-state index contributed by atoms with van der Waals surface area (Å²) in [6, 6.07) is 4.97. The molecule has 0 aliphatic carbocycles. The van der Waals surface area contributed by atoms with Crippen LogP contribution < -0.4 is 15.4 Å². The van der Waals surface area contributed by atoms with Crippen molar-refractivity contribution >= 4 is 6.03 Å². The summed E-state index contributed by atoms with van der Waals surface area (Å²) in [7, 11) is 0. The predicted molar refractivity (Wildman–Crippen MR) is 130 cm³/mol. The van der Waals surface area contributed by atoms with Crippen LogP contribution >= 0.6 is 0 Å². The number of amides is 2. The first-order valence-corrected chi connectivity index (χ1v) is 10.0. The van der Waals surface area contributed by atoms with Crippen molar-refractivity contribution in [3.63, 3.8) is 0 Å². The van der Waals surface area contributed by atoms with Gasteiger partial charge in [-0.05, 0) is 116 Å². The lowest BCUT2D eigenvalue weighted by atomic mass is 9.92. The van der Waals surface area contributed by atoms with Crippen molar-refractivity contribution in [2.24, 2.45) is 0 Å². The lowest BCUT2D eigenvalue weighted by Gasteiger charge is -2.29. The zero-order valence-corrected chi connectivity index (χ0v) is 18.8. The molecule has 1 aromatic rings. The Bertz CT molecular complexity index is 1410. The Balaban J connectivity index is 2.26. The smallest absolute Gasteiger partial charge is 0.319 e. The molecule has 0 bridgehead atoms. The van der Waals surface area contributed by atoms with E-state index in [-0.39, 0.29) is 12.1 Å². The van der Waals surface area contributed by atoms with Gasteiger partial charge in [0.05, 0.1) is 12.6 Å². The third-order valence-corrected chi connectivity index (χ3v) is 4.27. The molecule has 1 atom stereocenters. The number of allylic oxidation sites excluding steroid dienone is 1. The summed E-state index contributed by atoms with van der Waals surface area (Å²) < 4.78 is 5.81. The number of carbonyl (C=O) groups excluding carboxylic acids is 1. The van der Waals surface area contributed by atoms with Crippen molar-refractivity contribution in [2.75, 3.05) is 6.61 Å². The van der Waals surface area contributed by atoms with Gasteiger partial charge in [0.25, 0.3) is 0 Å². The number of urea groups is 1. The van der Waals surface area contributed by atoms with Gasteiger partial charge in [-0.3, -0.25) is 0 Å². The topological polar surface area (TPSA) is 50.4 Å². The first-order chi connectivity index (χ1) is 16.1. The summed E-state index contributed by atoms with van der Waals surface area (Å²) in [5.74, 6) is 37.6. The van der Waals surface area contributed by atoms with E-state index in [0.29, 0.717) is 17.9 Å². The van der Waals surface area contributed by atoms with E-state index < -0.39 is 0 Å². The summed E-state index contributed by atoms with van der Waals surface area (Å²) in [6.07, 6.45) is 0. The summed E-state index contributed by atoms with van der Waals surface area (Å²) in [5.41, 5.74) is 3.29. The fourth-order valence-electron chi connectivity index (χ4n) is 2.76. The van der Waals surface area contributed by atoms with Crippen molar-refractivity contribution in [3.05, 3.63) is 40.6 Å². The number of hydrogen-bond acceptors (Lipinski definition) is 2. The van der Waals surface area contributed by atoms with Crippen LogP contribution in [0.3, 0.4) is 0 Å². The van der Waals surface area contributed by atoms with Gasteiger partial charge in [-0.25, -0.2) is 4.79 Å². The Morgan fingerprint density at radius 2 is 1.45 bits per heavy atom. The Labute approximate surface area is 195 Å². The lowest BCUT2D eigenvalue weighted by Crippen LogP contribution is -2.43. The van der Waals surface area contributed by atoms with E-state index in [4.69, 9.17) is 4.74 Å². The quantitative estimate of drug-likeness (QED) is 0.727. The van der Waals surface area contributed by atoms with Crippen molar-refractivity contribution < 1.29 is 9.53 Å². The molecular formula is C29H20N2O2. The maximum atomic E-state index is 12.1. The fraction of sp³-hybridized carbons (Fsp3) is 0.207. The molecule has 1 aliphatic rings. The number of hydrogen-bond donors (Lipinski definition) is 2. The molecule has 33 heavy (non-hydrogen) atoms. The van der Waals surface area contributed by atoms with E-state index in [0.717, 1.165) is 16.8 Å². The summed E-state index contributed by atoms with van der Waals surface area (Å²) in [4.78, 5) is 12.1. The normalized spacial score (nSPS) is 12.6. The molecule has 0 fully saturated rings. The van der Waals surface area contributed by atoms with Crippen LogP contribution in [0.4, 0.5) is 4.79 Å². The van der Waals surface area contributed by atoms with Gasteiger partial charge in [-0.1, -0.05) is 17.9 Å². The average molecular weight is 428 g/mol. The second-order valence-electron chi connectivity index (χ2n) is 6.36. The molecule has 1 heterocycles. The highest BCUT2D eigenvalue weighted by Gasteiger charge is 2.28. The molecule has 1 aromatic carbocycles. The average Bonchev–Trinajstić information content (AvgIpc) is 2.80. The molecule has 0 aromatic heterocycles. The lowest BCUT2D eigenvalue weighted by molar-refractivity contribution is 0.238. The summed E-state index contributed by atoms with van der Waals surface area (Å²) >= 11 is 0. The van der Waals surface area contributed by atoms with Crippen LogP contribution in [-0.4, -0.2) is 12.6 Å². The Morgan fingerprint density at radius 1 is 0.879 bits per heavy atom. The molecule has 2 amide bonds. The maximum absolute atomic E-state index is 12.1. The number of rotatable bonds is 3. The number of nitrogens with one attached hydrogen (secondary N) is 2. The van der Waals surface area contributed by atoms with E-state index in [1.807, 2.05) is 39.0 Å². The van der Waals surface area contributed by atoms with Gasteiger partial charge in [0.15, 0.2) is 0 Å². The maximum Gasteiger partial charge on any atom is 0.319 e. The minimum absolute atomic E-state index is 0.268. The first-order valence-electron chi connectivity index (χ1n) is 10.0. The third-order valence-electron chi connectivity index (χ3n) is 4.27. The molecule has 0 saturated heterocycles. The molecule has 1 unspecified atom stereocenters. The van der Waals surface area contributed by atoms with E-state index >= 15 is 0 Å². The van der Waals surface area contributed by atoms with Crippen molar-refractivity contribution in [1.82, 2.24) is 10.6 Å². The minimum atomic E-state index is -0.353. The first kappa shape index (κ1) is 24.2. The van der Waals surface area contributed by atoms with Crippen molar-refractivity contribution in [1.29, 1.82) is 0 Å².